The van der Waals surface area contributed by atoms with Gasteiger partial charge in [0, 0.05) is 24.9 Å². The van der Waals surface area contributed by atoms with Crippen LogP contribution in [-0.2, 0) is 23.1 Å². The summed E-state index contributed by atoms with van der Waals surface area (Å²) in [6.45, 7) is 3.70. The number of hydrogen-bond acceptors (Lipinski definition) is 4. The lowest BCUT2D eigenvalue weighted by atomic mass is 10.1. The second-order valence-electron chi connectivity index (χ2n) is 4.92. The summed E-state index contributed by atoms with van der Waals surface area (Å²) in [5.74, 6) is 0. The smallest absolute Gasteiger partial charge is 0.240 e. The molecule has 0 aliphatic heterocycles. The number of sulfonamides is 1. The first-order valence-electron chi connectivity index (χ1n) is 6.62. The van der Waals surface area contributed by atoms with Crippen LogP contribution < -0.4 is 4.72 Å². The third-order valence-corrected chi connectivity index (χ3v) is 4.98. The van der Waals surface area contributed by atoms with E-state index in [9.17, 15) is 13.5 Å². The van der Waals surface area contributed by atoms with Crippen LogP contribution in [0.2, 0.25) is 0 Å². The maximum atomic E-state index is 12.4. The zero-order valence-electron chi connectivity index (χ0n) is 12.0. The maximum absolute atomic E-state index is 12.4. The molecule has 114 valence electrons. The van der Waals surface area contributed by atoms with E-state index in [1.165, 1.54) is 6.07 Å². The van der Waals surface area contributed by atoms with Gasteiger partial charge in [-0.3, -0.25) is 0 Å². The largest absolute Gasteiger partial charge is 0.392 e. The highest BCUT2D eigenvalue weighted by molar-refractivity contribution is 7.89. The average Bonchev–Trinajstić information content (AvgIpc) is 2.94. The van der Waals surface area contributed by atoms with Gasteiger partial charge in [-0.25, -0.2) is 18.1 Å². The summed E-state index contributed by atoms with van der Waals surface area (Å²) in [5.41, 5.74) is 3.00. The number of aryl methyl sites for hydroxylation is 1. The molecule has 0 atom stereocenters. The van der Waals surface area contributed by atoms with Crippen molar-refractivity contribution in [2.75, 3.05) is 6.54 Å². The van der Waals surface area contributed by atoms with E-state index in [4.69, 9.17) is 0 Å². The Bertz CT molecular complexity index is 709. The molecule has 7 heteroatoms. The van der Waals surface area contributed by atoms with Crippen molar-refractivity contribution in [3.8, 4) is 0 Å². The second kappa shape index (κ2) is 6.38. The molecule has 0 fully saturated rings. The summed E-state index contributed by atoms with van der Waals surface area (Å²) in [6, 6.07) is 3.31. The molecule has 0 radical (unpaired) electrons. The SMILES string of the molecule is Cc1cc(CO)cc(S(=O)(=O)NCCc2cnc[nH]2)c1C. The highest BCUT2D eigenvalue weighted by Crippen LogP contribution is 2.21. The van der Waals surface area contributed by atoms with Crippen molar-refractivity contribution < 1.29 is 13.5 Å². The van der Waals surface area contributed by atoms with Gasteiger partial charge in [-0.1, -0.05) is 6.07 Å². The minimum absolute atomic E-state index is 0.183. The number of imidazole rings is 1. The minimum Gasteiger partial charge on any atom is -0.392 e. The molecule has 21 heavy (non-hydrogen) atoms. The van der Waals surface area contributed by atoms with Crippen LogP contribution in [0, 0.1) is 13.8 Å². The maximum Gasteiger partial charge on any atom is 0.240 e. The van der Waals surface area contributed by atoms with Gasteiger partial charge >= 0.3 is 0 Å². The summed E-state index contributed by atoms with van der Waals surface area (Å²) >= 11 is 0. The van der Waals surface area contributed by atoms with Crippen molar-refractivity contribution >= 4 is 10.0 Å². The monoisotopic (exact) mass is 309 g/mol. The molecule has 6 nitrogen and oxygen atoms in total. The third-order valence-electron chi connectivity index (χ3n) is 3.39. The van der Waals surface area contributed by atoms with Gasteiger partial charge in [0.2, 0.25) is 10.0 Å². The lowest BCUT2D eigenvalue weighted by Crippen LogP contribution is -2.27. The normalized spacial score (nSPS) is 11.8. The van der Waals surface area contributed by atoms with Gasteiger partial charge in [0.1, 0.15) is 0 Å². The lowest BCUT2D eigenvalue weighted by molar-refractivity contribution is 0.281. The van der Waals surface area contributed by atoms with Gasteiger partial charge in [0.25, 0.3) is 0 Å². The first-order valence-corrected chi connectivity index (χ1v) is 8.10. The predicted molar refractivity (Wildman–Crippen MR) is 79.3 cm³/mol. The van der Waals surface area contributed by atoms with Crippen LogP contribution in [0.3, 0.4) is 0 Å². The summed E-state index contributed by atoms with van der Waals surface area (Å²) in [5, 5.41) is 9.22. The fourth-order valence-electron chi connectivity index (χ4n) is 2.09. The quantitative estimate of drug-likeness (QED) is 0.743. The van der Waals surface area contributed by atoms with Crippen LogP contribution >= 0.6 is 0 Å². The number of H-pyrrole nitrogens is 1. The summed E-state index contributed by atoms with van der Waals surface area (Å²) in [7, 11) is -3.59. The van der Waals surface area contributed by atoms with Crippen molar-refractivity contribution in [3.63, 3.8) is 0 Å². The Morgan fingerprint density at radius 1 is 1.33 bits per heavy atom. The molecular weight excluding hydrogens is 290 g/mol. The van der Waals surface area contributed by atoms with Crippen molar-refractivity contribution in [3.05, 3.63) is 47.0 Å². The van der Waals surface area contributed by atoms with Gasteiger partial charge in [-0.05, 0) is 36.6 Å². The number of rotatable bonds is 6. The van der Waals surface area contributed by atoms with Crippen LogP contribution in [0.5, 0.6) is 0 Å². The Kier molecular flexibility index (Phi) is 4.76. The average molecular weight is 309 g/mol. The molecule has 1 aromatic heterocycles. The van der Waals surface area contributed by atoms with Crippen molar-refractivity contribution in [1.82, 2.24) is 14.7 Å². The molecule has 1 heterocycles. The highest BCUT2D eigenvalue weighted by Gasteiger charge is 2.18. The van der Waals surface area contributed by atoms with E-state index in [-0.39, 0.29) is 18.0 Å². The molecule has 0 saturated heterocycles. The van der Waals surface area contributed by atoms with Gasteiger partial charge in [0.05, 0.1) is 17.8 Å². The van der Waals surface area contributed by atoms with Crippen molar-refractivity contribution in [2.45, 2.75) is 31.8 Å². The number of aromatic nitrogens is 2. The van der Waals surface area contributed by atoms with Crippen LogP contribution in [0.4, 0.5) is 0 Å². The minimum atomic E-state index is -3.59. The molecular formula is C14H19N3O3S. The molecule has 2 aromatic rings. The van der Waals surface area contributed by atoms with E-state index in [0.29, 0.717) is 17.5 Å². The number of hydrogen-bond donors (Lipinski definition) is 3. The Balaban J connectivity index is 2.17. The van der Waals surface area contributed by atoms with E-state index in [1.807, 2.05) is 6.92 Å². The topological polar surface area (TPSA) is 95.1 Å². The Morgan fingerprint density at radius 2 is 2.10 bits per heavy atom. The van der Waals surface area contributed by atoms with E-state index in [1.54, 1.807) is 25.5 Å². The zero-order chi connectivity index (χ0) is 15.5. The second-order valence-corrected chi connectivity index (χ2v) is 6.65. The Hall–Kier alpha value is -1.70. The summed E-state index contributed by atoms with van der Waals surface area (Å²) in [6.07, 6.45) is 3.76. The first kappa shape index (κ1) is 15.7. The van der Waals surface area contributed by atoms with Gasteiger partial charge in [0.15, 0.2) is 0 Å². The van der Waals surface area contributed by atoms with Crippen LogP contribution in [0.25, 0.3) is 0 Å². The highest BCUT2D eigenvalue weighted by atomic mass is 32.2. The van der Waals surface area contributed by atoms with Crippen molar-refractivity contribution in [1.29, 1.82) is 0 Å². The molecule has 0 bridgehead atoms. The molecule has 2 rings (SSSR count). The molecule has 0 amide bonds. The molecule has 0 aliphatic rings. The number of nitrogens with zero attached hydrogens (tertiary/aromatic N) is 1. The number of aliphatic hydroxyl groups is 1. The van der Waals surface area contributed by atoms with Crippen LogP contribution in [0.15, 0.2) is 29.6 Å². The first-order chi connectivity index (χ1) is 9.94. The number of aromatic amines is 1. The standard InChI is InChI=1S/C14H19N3O3S/c1-10-5-12(8-18)6-14(11(10)2)21(19,20)17-4-3-13-7-15-9-16-13/h5-7,9,17-18H,3-4,8H2,1-2H3,(H,15,16). The molecule has 1 aromatic carbocycles. The lowest BCUT2D eigenvalue weighted by Gasteiger charge is -2.12. The van der Waals surface area contributed by atoms with E-state index in [0.717, 1.165) is 11.3 Å². The van der Waals surface area contributed by atoms with E-state index >= 15 is 0 Å². The van der Waals surface area contributed by atoms with E-state index in [2.05, 4.69) is 14.7 Å². The fourth-order valence-corrected chi connectivity index (χ4v) is 3.49. The van der Waals surface area contributed by atoms with Gasteiger partial charge < -0.3 is 10.1 Å². The molecule has 0 unspecified atom stereocenters. The number of benzene rings is 1. The molecule has 0 spiro atoms. The molecule has 0 saturated carbocycles. The Morgan fingerprint density at radius 3 is 2.71 bits per heavy atom. The van der Waals surface area contributed by atoms with Gasteiger partial charge in [-0.15, -0.1) is 0 Å². The Labute approximate surface area is 124 Å². The molecule has 3 N–H and O–H groups in total. The number of aliphatic hydroxyl groups excluding tert-OH is 1. The van der Waals surface area contributed by atoms with Crippen LogP contribution in [0.1, 0.15) is 22.4 Å². The molecule has 0 aliphatic carbocycles. The number of nitrogens with one attached hydrogen (secondary N) is 2. The van der Waals surface area contributed by atoms with Crippen molar-refractivity contribution in [2.24, 2.45) is 0 Å². The summed E-state index contributed by atoms with van der Waals surface area (Å²) in [4.78, 5) is 7.02. The van der Waals surface area contributed by atoms with E-state index < -0.39 is 10.0 Å². The van der Waals surface area contributed by atoms with Gasteiger partial charge in [-0.2, -0.15) is 0 Å². The van der Waals surface area contributed by atoms with Crippen LogP contribution in [-0.4, -0.2) is 30.0 Å². The third kappa shape index (κ3) is 3.69. The fraction of sp³-hybridized carbons (Fsp3) is 0.357. The predicted octanol–water partition coefficient (Wildman–Crippen LogP) is 1.04. The zero-order valence-corrected chi connectivity index (χ0v) is 12.9. The summed E-state index contributed by atoms with van der Waals surface area (Å²) < 4.78 is 27.3.